The third kappa shape index (κ3) is 4.91. The maximum absolute atomic E-state index is 13.6. The lowest BCUT2D eigenvalue weighted by molar-refractivity contribution is 0.0977. The molecule has 0 spiro atoms. The number of aliphatic hydroxyl groups is 2. The first-order chi connectivity index (χ1) is 15.8. The minimum absolute atomic E-state index is 0.475. The summed E-state index contributed by atoms with van der Waals surface area (Å²) in [6.45, 7) is 0. The lowest BCUT2D eigenvalue weighted by Crippen LogP contribution is -2.42. The molecule has 0 unspecified atom stereocenters. The molecular weight excluding hydrogens is 432 g/mol. The molecule has 0 aliphatic rings. The average Bonchev–Trinajstić information content (AvgIpc) is 2.85. The van der Waals surface area contributed by atoms with Crippen molar-refractivity contribution < 1.29 is 18.6 Å². The van der Waals surface area contributed by atoms with Crippen LogP contribution in [0.15, 0.2) is 121 Å². The summed E-state index contributed by atoms with van der Waals surface area (Å²) in [5, 5.41) is 23.5. The molecule has 0 amide bonds. The van der Waals surface area contributed by atoms with Gasteiger partial charge in [-0.2, -0.15) is 0 Å². The van der Waals surface area contributed by atoms with Crippen molar-refractivity contribution in [1.29, 1.82) is 0 Å². The summed E-state index contributed by atoms with van der Waals surface area (Å²) in [5.41, 5.74) is -1.64. The van der Waals surface area contributed by atoms with Crippen LogP contribution in [0, 0.1) is 0 Å². The number of benzene rings is 4. The summed E-state index contributed by atoms with van der Waals surface area (Å²) in [5.74, 6) is -1.15. The Morgan fingerprint density at radius 2 is 0.667 bits per heavy atom. The molecule has 0 radical (unpaired) electrons. The largest absolute Gasteiger partial charge is 0.379 e. The van der Waals surface area contributed by atoms with E-state index in [9.17, 15) is 18.6 Å². The molecule has 0 bridgehead atoms. The van der Waals surface area contributed by atoms with Crippen LogP contribution in [-0.4, -0.2) is 30.1 Å². The Hall–Kier alpha value is -3.25. The monoisotopic (exact) mass is 458 g/mol. The van der Waals surface area contributed by atoms with E-state index < -0.39 is 32.5 Å². The Labute approximate surface area is 194 Å². The standard InChI is InChI=1S/C28H26O4S/c29-27(23-13-5-1-6-14-23,24-15-7-2-8-16-24)21-33(31,32)22-28(30,25-17-9-3-10-18-25)26-19-11-4-12-20-26/h1-20,29-30H,21-22H2. The van der Waals surface area contributed by atoms with Crippen LogP contribution in [0.3, 0.4) is 0 Å². The lowest BCUT2D eigenvalue weighted by Gasteiger charge is -2.33. The predicted octanol–water partition coefficient (Wildman–Crippen LogP) is 4.27. The number of hydrogen-bond acceptors (Lipinski definition) is 4. The van der Waals surface area contributed by atoms with Crippen LogP contribution in [0.25, 0.3) is 0 Å². The first-order valence-electron chi connectivity index (χ1n) is 10.7. The molecule has 0 saturated heterocycles. The van der Waals surface area contributed by atoms with Gasteiger partial charge in [-0.15, -0.1) is 0 Å². The third-order valence-electron chi connectivity index (χ3n) is 5.86. The molecule has 0 heterocycles. The highest BCUT2D eigenvalue weighted by Gasteiger charge is 2.42. The Bertz CT molecular complexity index is 1100. The van der Waals surface area contributed by atoms with Gasteiger partial charge in [-0.25, -0.2) is 8.42 Å². The topological polar surface area (TPSA) is 74.6 Å². The van der Waals surface area contributed by atoms with E-state index in [2.05, 4.69) is 0 Å². The van der Waals surface area contributed by atoms with E-state index in [1.807, 2.05) is 24.3 Å². The van der Waals surface area contributed by atoms with E-state index >= 15 is 0 Å². The van der Waals surface area contributed by atoms with Crippen molar-refractivity contribution in [3.8, 4) is 0 Å². The van der Waals surface area contributed by atoms with E-state index in [0.29, 0.717) is 22.3 Å². The van der Waals surface area contributed by atoms with Crippen LogP contribution >= 0.6 is 0 Å². The van der Waals surface area contributed by atoms with Crippen LogP contribution in [0.2, 0.25) is 0 Å². The van der Waals surface area contributed by atoms with Crippen molar-refractivity contribution in [3.63, 3.8) is 0 Å². The van der Waals surface area contributed by atoms with Gasteiger partial charge in [0.25, 0.3) is 0 Å². The zero-order valence-corrected chi connectivity index (χ0v) is 18.9. The summed E-state index contributed by atoms with van der Waals surface area (Å²) in [7, 11) is -3.99. The third-order valence-corrected chi connectivity index (χ3v) is 7.58. The van der Waals surface area contributed by atoms with Crippen molar-refractivity contribution in [3.05, 3.63) is 144 Å². The Balaban J connectivity index is 1.77. The molecule has 4 aromatic rings. The van der Waals surface area contributed by atoms with Gasteiger partial charge < -0.3 is 10.2 Å². The average molecular weight is 459 g/mol. The van der Waals surface area contributed by atoms with E-state index in [1.54, 1.807) is 97.1 Å². The molecular formula is C28H26O4S. The van der Waals surface area contributed by atoms with Gasteiger partial charge in [-0.05, 0) is 22.3 Å². The zero-order valence-electron chi connectivity index (χ0n) is 18.1. The van der Waals surface area contributed by atoms with Crippen LogP contribution in [-0.2, 0) is 21.0 Å². The van der Waals surface area contributed by atoms with E-state index in [1.165, 1.54) is 0 Å². The summed E-state index contributed by atoms with van der Waals surface area (Å²) in [6, 6.07) is 35.1. The number of sulfone groups is 1. The minimum atomic E-state index is -3.99. The fraction of sp³-hybridized carbons (Fsp3) is 0.143. The normalized spacial score (nSPS) is 12.4. The van der Waals surface area contributed by atoms with Gasteiger partial charge in [0.2, 0.25) is 0 Å². The molecule has 5 heteroatoms. The first-order valence-corrected chi connectivity index (χ1v) is 12.5. The molecule has 0 fully saturated rings. The quantitative estimate of drug-likeness (QED) is 0.413. The molecule has 0 saturated carbocycles. The van der Waals surface area contributed by atoms with Crippen LogP contribution in [0.5, 0.6) is 0 Å². The number of hydrogen-bond donors (Lipinski definition) is 2. The number of rotatable bonds is 8. The Kier molecular flexibility index (Phi) is 6.47. The summed E-state index contributed by atoms with van der Waals surface area (Å²) in [4.78, 5) is 0. The van der Waals surface area contributed by atoms with E-state index in [-0.39, 0.29) is 0 Å². The van der Waals surface area contributed by atoms with Gasteiger partial charge in [0.05, 0.1) is 11.5 Å². The molecule has 0 atom stereocenters. The molecule has 168 valence electrons. The lowest BCUT2D eigenvalue weighted by atomic mass is 9.88. The second-order valence-electron chi connectivity index (χ2n) is 8.22. The van der Waals surface area contributed by atoms with Crippen molar-refractivity contribution >= 4 is 9.84 Å². The molecule has 4 aromatic carbocycles. The van der Waals surface area contributed by atoms with Gasteiger partial charge in [0, 0.05) is 0 Å². The van der Waals surface area contributed by atoms with Crippen LogP contribution in [0.1, 0.15) is 22.3 Å². The van der Waals surface area contributed by atoms with Crippen LogP contribution < -0.4 is 0 Å². The zero-order chi connectivity index (χ0) is 23.4. The predicted molar refractivity (Wildman–Crippen MR) is 130 cm³/mol. The highest BCUT2D eigenvalue weighted by atomic mass is 32.2. The van der Waals surface area contributed by atoms with Gasteiger partial charge in [0.15, 0.2) is 9.84 Å². The highest BCUT2D eigenvalue weighted by Crippen LogP contribution is 2.35. The highest BCUT2D eigenvalue weighted by molar-refractivity contribution is 7.91. The van der Waals surface area contributed by atoms with Crippen molar-refractivity contribution in [2.24, 2.45) is 0 Å². The molecule has 0 aliphatic heterocycles. The molecule has 0 aromatic heterocycles. The Morgan fingerprint density at radius 3 is 0.879 bits per heavy atom. The maximum Gasteiger partial charge on any atom is 0.157 e. The maximum atomic E-state index is 13.6. The first kappa shape index (κ1) is 22.9. The van der Waals surface area contributed by atoms with Gasteiger partial charge in [-0.1, -0.05) is 121 Å². The van der Waals surface area contributed by atoms with Gasteiger partial charge in [-0.3, -0.25) is 0 Å². The van der Waals surface area contributed by atoms with Gasteiger partial charge in [0.1, 0.15) is 11.2 Å². The molecule has 2 N–H and O–H groups in total. The Morgan fingerprint density at radius 1 is 0.455 bits per heavy atom. The van der Waals surface area contributed by atoms with Crippen molar-refractivity contribution in [2.75, 3.05) is 11.5 Å². The summed E-state index contributed by atoms with van der Waals surface area (Å²) < 4.78 is 27.3. The van der Waals surface area contributed by atoms with Crippen LogP contribution in [0.4, 0.5) is 0 Å². The molecule has 0 aliphatic carbocycles. The fourth-order valence-corrected chi connectivity index (χ4v) is 6.25. The second kappa shape index (κ2) is 9.32. The molecule has 4 rings (SSSR count). The van der Waals surface area contributed by atoms with Crippen molar-refractivity contribution in [1.82, 2.24) is 0 Å². The summed E-state index contributed by atoms with van der Waals surface area (Å²) in [6.07, 6.45) is 0. The second-order valence-corrected chi connectivity index (χ2v) is 10.3. The smallest absolute Gasteiger partial charge is 0.157 e. The van der Waals surface area contributed by atoms with Gasteiger partial charge >= 0.3 is 0 Å². The SMILES string of the molecule is O=S(=O)(CC(O)(c1ccccc1)c1ccccc1)CC(O)(c1ccccc1)c1ccccc1. The van der Waals surface area contributed by atoms with Crippen molar-refractivity contribution in [2.45, 2.75) is 11.2 Å². The fourth-order valence-electron chi connectivity index (χ4n) is 4.21. The van der Waals surface area contributed by atoms with E-state index in [4.69, 9.17) is 0 Å². The molecule has 33 heavy (non-hydrogen) atoms. The summed E-state index contributed by atoms with van der Waals surface area (Å²) >= 11 is 0. The molecule has 4 nitrogen and oxygen atoms in total. The minimum Gasteiger partial charge on any atom is -0.379 e. The van der Waals surface area contributed by atoms with E-state index in [0.717, 1.165) is 0 Å².